The largest absolute Gasteiger partial charge is 0.495 e. The number of methoxy groups -OCH3 is 1. The van der Waals surface area contributed by atoms with Crippen molar-refractivity contribution in [1.29, 1.82) is 0 Å². The number of ether oxygens (including phenoxy) is 1. The van der Waals surface area contributed by atoms with Gasteiger partial charge in [-0.25, -0.2) is 0 Å². The van der Waals surface area contributed by atoms with Crippen LogP contribution in [0.25, 0.3) is 0 Å². The van der Waals surface area contributed by atoms with Gasteiger partial charge in [0.2, 0.25) is 5.91 Å². The lowest BCUT2D eigenvalue weighted by Gasteiger charge is -2.24. The average Bonchev–Trinajstić information content (AvgIpc) is 2.62. The maximum absolute atomic E-state index is 12.3. The van der Waals surface area contributed by atoms with Crippen molar-refractivity contribution in [3.63, 3.8) is 0 Å². The molecular formula is C14H21N3O2. The maximum Gasteiger partial charge on any atom is 0.241 e. The fraction of sp³-hybridized carbons (Fsp3) is 0.500. The number of nitrogens with two attached hydrogens (primary N) is 1. The monoisotopic (exact) mass is 263 g/mol. The van der Waals surface area contributed by atoms with E-state index in [9.17, 15) is 4.79 Å². The molecule has 0 aromatic heterocycles. The van der Waals surface area contributed by atoms with E-state index in [0.717, 1.165) is 17.7 Å². The number of anilines is 2. The summed E-state index contributed by atoms with van der Waals surface area (Å²) >= 11 is 0. The van der Waals surface area contributed by atoms with Crippen LogP contribution < -0.4 is 15.4 Å². The van der Waals surface area contributed by atoms with Crippen LogP contribution in [0.3, 0.4) is 0 Å². The quantitative estimate of drug-likeness (QED) is 0.830. The number of fused-ring (bicyclic) bond motifs is 1. The third-order valence-electron chi connectivity index (χ3n) is 3.37. The van der Waals surface area contributed by atoms with Gasteiger partial charge in [0.15, 0.2) is 0 Å². The molecule has 0 saturated carbocycles. The zero-order valence-corrected chi connectivity index (χ0v) is 11.9. The van der Waals surface area contributed by atoms with Gasteiger partial charge >= 0.3 is 0 Å². The van der Waals surface area contributed by atoms with Gasteiger partial charge in [-0.3, -0.25) is 4.79 Å². The summed E-state index contributed by atoms with van der Waals surface area (Å²) in [5.41, 5.74) is 8.54. The third-order valence-corrected chi connectivity index (χ3v) is 3.37. The molecule has 0 bridgehead atoms. The van der Waals surface area contributed by atoms with Crippen LogP contribution in [0.5, 0.6) is 5.75 Å². The predicted molar refractivity (Wildman–Crippen MR) is 76.6 cm³/mol. The molecule has 0 aliphatic carbocycles. The Kier molecular flexibility index (Phi) is 3.66. The molecule has 5 heteroatoms. The van der Waals surface area contributed by atoms with Crippen molar-refractivity contribution < 1.29 is 9.53 Å². The smallest absolute Gasteiger partial charge is 0.241 e. The highest BCUT2D eigenvalue weighted by atomic mass is 16.5. The van der Waals surface area contributed by atoms with Crippen molar-refractivity contribution in [2.75, 3.05) is 38.4 Å². The second-order valence-corrected chi connectivity index (χ2v) is 5.28. The lowest BCUT2D eigenvalue weighted by molar-refractivity contribution is -0.119. The Morgan fingerprint density at radius 3 is 2.79 bits per heavy atom. The molecule has 1 amide bonds. The first-order chi connectivity index (χ1) is 8.93. The highest BCUT2D eigenvalue weighted by Crippen LogP contribution is 2.38. The molecule has 0 saturated heterocycles. The highest BCUT2D eigenvalue weighted by Gasteiger charge is 2.31. The lowest BCUT2D eigenvalue weighted by atomic mass is 10.1. The standard InChI is InChI=1S/C14H21N3O2/c1-9-5-10-6-13(19-4)11(15)7-12(10)17(9)14(18)8-16(2)3/h6-7,9H,5,8,15H2,1-4H3. The molecule has 1 aliphatic rings. The number of hydrogen-bond acceptors (Lipinski definition) is 4. The van der Waals surface area contributed by atoms with E-state index in [0.29, 0.717) is 18.0 Å². The molecule has 1 unspecified atom stereocenters. The van der Waals surface area contributed by atoms with E-state index in [4.69, 9.17) is 10.5 Å². The van der Waals surface area contributed by atoms with Crippen LogP contribution in [0.2, 0.25) is 0 Å². The minimum atomic E-state index is 0.0980. The Bertz CT molecular complexity index is 500. The van der Waals surface area contributed by atoms with E-state index < -0.39 is 0 Å². The van der Waals surface area contributed by atoms with Crippen LogP contribution in [0.15, 0.2) is 12.1 Å². The summed E-state index contributed by atoms with van der Waals surface area (Å²) in [6.07, 6.45) is 0.838. The molecule has 1 heterocycles. The Hall–Kier alpha value is -1.75. The van der Waals surface area contributed by atoms with Gasteiger partial charge in [-0.2, -0.15) is 0 Å². The van der Waals surface area contributed by atoms with Crippen molar-refractivity contribution in [2.24, 2.45) is 0 Å². The molecule has 2 N–H and O–H groups in total. The molecule has 1 aromatic rings. The number of rotatable bonds is 3. The maximum atomic E-state index is 12.3. The molecular weight excluding hydrogens is 242 g/mol. The first kappa shape index (κ1) is 13.7. The Morgan fingerprint density at radius 1 is 1.53 bits per heavy atom. The summed E-state index contributed by atoms with van der Waals surface area (Å²) in [6.45, 7) is 2.45. The molecule has 0 spiro atoms. The van der Waals surface area contributed by atoms with Crippen molar-refractivity contribution in [2.45, 2.75) is 19.4 Å². The minimum Gasteiger partial charge on any atom is -0.495 e. The van der Waals surface area contributed by atoms with Gasteiger partial charge < -0.3 is 20.3 Å². The van der Waals surface area contributed by atoms with Crippen molar-refractivity contribution >= 4 is 17.3 Å². The number of nitrogens with zero attached hydrogens (tertiary/aromatic N) is 2. The van der Waals surface area contributed by atoms with Crippen LogP contribution in [-0.2, 0) is 11.2 Å². The molecule has 1 atom stereocenters. The fourth-order valence-corrected chi connectivity index (χ4v) is 2.57. The zero-order chi connectivity index (χ0) is 14.2. The molecule has 1 aromatic carbocycles. The summed E-state index contributed by atoms with van der Waals surface area (Å²) in [7, 11) is 5.38. The first-order valence-electron chi connectivity index (χ1n) is 6.37. The molecule has 2 rings (SSSR count). The van der Waals surface area contributed by atoms with E-state index in [1.165, 1.54) is 0 Å². The SMILES string of the molecule is COc1cc2c(cc1N)N(C(=O)CN(C)C)C(C)C2. The van der Waals surface area contributed by atoms with E-state index in [2.05, 4.69) is 6.92 Å². The Labute approximate surface area is 113 Å². The van der Waals surface area contributed by atoms with Crippen LogP contribution in [-0.4, -0.2) is 44.6 Å². The molecule has 0 radical (unpaired) electrons. The summed E-state index contributed by atoms with van der Waals surface area (Å²) < 4.78 is 5.23. The third kappa shape index (κ3) is 2.51. The lowest BCUT2D eigenvalue weighted by Crippen LogP contribution is -2.41. The van der Waals surface area contributed by atoms with Crippen LogP contribution in [0.1, 0.15) is 12.5 Å². The fourth-order valence-electron chi connectivity index (χ4n) is 2.57. The summed E-state index contributed by atoms with van der Waals surface area (Å²) in [5.74, 6) is 0.772. The van der Waals surface area contributed by atoms with Gasteiger partial charge in [0.05, 0.1) is 19.3 Å². The highest BCUT2D eigenvalue weighted by molar-refractivity contribution is 5.98. The summed E-state index contributed by atoms with van der Waals surface area (Å²) in [5, 5.41) is 0. The molecule has 0 fully saturated rings. The van der Waals surface area contributed by atoms with E-state index >= 15 is 0 Å². The van der Waals surface area contributed by atoms with Crippen LogP contribution in [0, 0.1) is 0 Å². The van der Waals surface area contributed by atoms with Crippen LogP contribution in [0.4, 0.5) is 11.4 Å². The van der Waals surface area contributed by atoms with E-state index in [1.54, 1.807) is 7.11 Å². The second-order valence-electron chi connectivity index (χ2n) is 5.28. The van der Waals surface area contributed by atoms with Crippen LogP contribution >= 0.6 is 0 Å². The second kappa shape index (κ2) is 5.09. The minimum absolute atomic E-state index is 0.0980. The number of amides is 1. The average molecular weight is 263 g/mol. The number of hydrogen-bond donors (Lipinski definition) is 1. The number of nitrogen functional groups attached to an aromatic ring is 1. The topological polar surface area (TPSA) is 58.8 Å². The van der Waals surface area contributed by atoms with Gasteiger partial charge in [-0.05, 0) is 45.1 Å². The Morgan fingerprint density at radius 2 is 2.21 bits per heavy atom. The normalized spacial score (nSPS) is 17.7. The number of carbonyl (C=O) groups is 1. The van der Waals surface area contributed by atoms with E-state index in [1.807, 2.05) is 36.0 Å². The van der Waals surface area contributed by atoms with Crippen molar-refractivity contribution in [3.8, 4) is 5.75 Å². The number of likely N-dealkylation sites (N-methyl/N-ethyl adjacent to an activating group) is 1. The molecule has 5 nitrogen and oxygen atoms in total. The zero-order valence-electron chi connectivity index (χ0n) is 11.9. The summed E-state index contributed by atoms with van der Waals surface area (Å²) in [6, 6.07) is 3.93. The van der Waals surface area contributed by atoms with Gasteiger partial charge in [-0.15, -0.1) is 0 Å². The predicted octanol–water partition coefficient (Wildman–Crippen LogP) is 1.12. The molecule has 1 aliphatic heterocycles. The van der Waals surface area contributed by atoms with Gasteiger partial charge in [0.25, 0.3) is 0 Å². The van der Waals surface area contributed by atoms with Crippen molar-refractivity contribution in [1.82, 2.24) is 4.90 Å². The Balaban J connectivity index is 2.36. The van der Waals surface area contributed by atoms with Gasteiger partial charge in [0.1, 0.15) is 5.75 Å². The van der Waals surface area contributed by atoms with Crippen molar-refractivity contribution in [3.05, 3.63) is 17.7 Å². The number of benzene rings is 1. The molecule has 104 valence electrons. The van der Waals surface area contributed by atoms with Gasteiger partial charge in [0, 0.05) is 11.7 Å². The first-order valence-corrected chi connectivity index (χ1v) is 6.37. The molecule has 19 heavy (non-hydrogen) atoms. The number of carbonyl (C=O) groups excluding carboxylic acids is 1. The van der Waals surface area contributed by atoms with Gasteiger partial charge in [-0.1, -0.05) is 0 Å². The van der Waals surface area contributed by atoms with E-state index in [-0.39, 0.29) is 11.9 Å². The summed E-state index contributed by atoms with van der Waals surface area (Å²) in [4.78, 5) is 16.0.